The van der Waals surface area contributed by atoms with Crippen molar-refractivity contribution in [1.29, 1.82) is 0 Å². The summed E-state index contributed by atoms with van der Waals surface area (Å²) in [6.45, 7) is 0. The predicted octanol–water partition coefficient (Wildman–Crippen LogP) is 7.43. The molecule has 6 heteroatoms. The van der Waals surface area contributed by atoms with Crippen molar-refractivity contribution in [1.82, 2.24) is 0 Å². The van der Waals surface area contributed by atoms with Crippen LogP contribution in [0.3, 0.4) is 0 Å². The molecule has 1 aliphatic rings. The number of hydrogen-bond donors (Lipinski definition) is 2. The summed E-state index contributed by atoms with van der Waals surface area (Å²) in [6, 6.07) is 37.2. The third-order valence-corrected chi connectivity index (χ3v) is 6.71. The summed E-state index contributed by atoms with van der Waals surface area (Å²) in [6.07, 6.45) is 0. The number of nitrogens with one attached hydrogen (secondary N) is 2. The summed E-state index contributed by atoms with van der Waals surface area (Å²) in [7, 11) is 0. The third-order valence-electron chi connectivity index (χ3n) is 5.39. The molecule has 1 heterocycles. The standard InChI is InChI=1S/C27H24N4S2/c32-27-30(25-15-11-23(12-16-25)28-21-7-3-1-4-8-21)19-33-20-31(27)26-17-13-24(14-18-26)29-22-9-5-2-6-10-22/h1-18,28-29H,19-20H2. The van der Waals surface area contributed by atoms with E-state index in [9.17, 15) is 0 Å². The molecule has 0 amide bonds. The van der Waals surface area contributed by atoms with E-state index < -0.39 is 0 Å². The van der Waals surface area contributed by atoms with Crippen molar-refractivity contribution in [2.75, 3.05) is 32.2 Å². The minimum absolute atomic E-state index is 0.821. The van der Waals surface area contributed by atoms with Crippen LogP contribution in [0.2, 0.25) is 0 Å². The first-order valence-electron chi connectivity index (χ1n) is 10.8. The number of thioether (sulfide) groups is 1. The van der Waals surface area contributed by atoms with E-state index in [1.54, 1.807) is 0 Å². The van der Waals surface area contributed by atoms with Gasteiger partial charge < -0.3 is 20.4 Å². The summed E-state index contributed by atoms with van der Waals surface area (Å²) >= 11 is 7.75. The van der Waals surface area contributed by atoms with Gasteiger partial charge in [-0.15, -0.1) is 11.8 Å². The SMILES string of the molecule is S=C1N(c2ccc(Nc3ccccc3)cc2)CSCN1c1ccc(Nc2ccccc2)cc1. The molecule has 0 bridgehead atoms. The van der Waals surface area contributed by atoms with Gasteiger partial charge in [0.2, 0.25) is 0 Å². The zero-order valence-corrected chi connectivity index (χ0v) is 19.7. The predicted molar refractivity (Wildman–Crippen MR) is 147 cm³/mol. The van der Waals surface area contributed by atoms with Gasteiger partial charge in [0.1, 0.15) is 0 Å². The Kier molecular flexibility index (Phi) is 6.46. The molecule has 4 aromatic carbocycles. The monoisotopic (exact) mass is 468 g/mol. The van der Waals surface area contributed by atoms with Crippen molar-refractivity contribution in [3.05, 3.63) is 109 Å². The Hall–Kier alpha value is -3.48. The average molecular weight is 469 g/mol. The highest BCUT2D eigenvalue weighted by Gasteiger charge is 2.25. The minimum atomic E-state index is 0.821. The average Bonchev–Trinajstić information content (AvgIpc) is 2.87. The fraction of sp³-hybridized carbons (Fsp3) is 0.0741. The maximum atomic E-state index is 5.90. The highest BCUT2D eigenvalue weighted by Crippen LogP contribution is 2.31. The van der Waals surface area contributed by atoms with Crippen LogP contribution in [-0.4, -0.2) is 16.9 Å². The molecule has 0 saturated carbocycles. The van der Waals surface area contributed by atoms with Crippen LogP contribution < -0.4 is 20.4 Å². The molecule has 1 fully saturated rings. The van der Waals surface area contributed by atoms with Gasteiger partial charge in [0.25, 0.3) is 0 Å². The first kappa shape index (κ1) is 21.4. The molecule has 33 heavy (non-hydrogen) atoms. The highest BCUT2D eigenvalue weighted by molar-refractivity contribution is 7.99. The van der Waals surface area contributed by atoms with E-state index >= 15 is 0 Å². The van der Waals surface area contributed by atoms with Crippen LogP contribution in [0.15, 0.2) is 109 Å². The van der Waals surface area contributed by atoms with Crippen molar-refractivity contribution in [2.45, 2.75) is 0 Å². The summed E-state index contributed by atoms with van der Waals surface area (Å²) in [5.74, 6) is 1.68. The Bertz CT molecular complexity index is 1100. The normalized spacial score (nSPS) is 13.6. The lowest BCUT2D eigenvalue weighted by Crippen LogP contribution is -2.47. The number of benzene rings is 4. The van der Waals surface area contributed by atoms with E-state index in [4.69, 9.17) is 12.2 Å². The Morgan fingerprint density at radius 2 is 0.879 bits per heavy atom. The first-order valence-corrected chi connectivity index (χ1v) is 12.3. The van der Waals surface area contributed by atoms with Gasteiger partial charge in [-0.25, -0.2) is 0 Å². The summed E-state index contributed by atoms with van der Waals surface area (Å²) in [5, 5.41) is 7.68. The lowest BCUT2D eigenvalue weighted by Gasteiger charge is -2.38. The van der Waals surface area contributed by atoms with Crippen molar-refractivity contribution < 1.29 is 0 Å². The van der Waals surface area contributed by atoms with Gasteiger partial charge >= 0.3 is 0 Å². The molecule has 0 spiro atoms. The number of para-hydroxylation sites is 2. The van der Waals surface area contributed by atoms with Gasteiger partial charge in [0, 0.05) is 34.1 Å². The van der Waals surface area contributed by atoms with Crippen molar-refractivity contribution >= 4 is 63.2 Å². The van der Waals surface area contributed by atoms with Gasteiger partial charge in [0.15, 0.2) is 5.11 Å². The Balaban J connectivity index is 1.27. The number of rotatable bonds is 6. The second-order valence-electron chi connectivity index (χ2n) is 7.68. The number of anilines is 6. The zero-order valence-electron chi connectivity index (χ0n) is 18.0. The minimum Gasteiger partial charge on any atom is -0.356 e. The van der Waals surface area contributed by atoms with Crippen LogP contribution in [0.4, 0.5) is 34.1 Å². The van der Waals surface area contributed by atoms with E-state index in [0.717, 1.165) is 51.0 Å². The molecule has 1 saturated heterocycles. The van der Waals surface area contributed by atoms with Crippen LogP contribution in [0.5, 0.6) is 0 Å². The van der Waals surface area contributed by atoms with Crippen LogP contribution >= 0.6 is 24.0 Å². The molecular weight excluding hydrogens is 444 g/mol. The summed E-state index contributed by atoms with van der Waals surface area (Å²) in [4.78, 5) is 4.37. The van der Waals surface area contributed by atoms with E-state index in [1.165, 1.54) is 0 Å². The van der Waals surface area contributed by atoms with E-state index in [1.807, 2.05) is 48.2 Å². The molecule has 164 valence electrons. The fourth-order valence-corrected chi connectivity index (χ4v) is 5.17. The van der Waals surface area contributed by atoms with Gasteiger partial charge in [-0.05, 0) is 85.0 Å². The molecule has 0 aliphatic carbocycles. The fourth-order valence-electron chi connectivity index (χ4n) is 3.68. The maximum absolute atomic E-state index is 5.90. The summed E-state index contributed by atoms with van der Waals surface area (Å²) in [5.41, 5.74) is 6.45. The summed E-state index contributed by atoms with van der Waals surface area (Å²) < 4.78 is 0. The molecule has 0 aromatic heterocycles. The number of thiocarbonyl (C=S) groups is 1. The molecule has 2 N–H and O–H groups in total. The zero-order chi connectivity index (χ0) is 22.5. The van der Waals surface area contributed by atoms with Gasteiger partial charge in [-0.2, -0.15) is 0 Å². The largest absolute Gasteiger partial charge is 0.356 e. The van der Waals surface area contributed by atoms with Crippen LogP contribution in [-0.2, 0) is 0 Å². The number of nitrogens with zero attached hydrogens (tertiary/aromatic N) is 2. The molecule has 5 rings (SSSR count). The van der Waals surface area contributed by atoms with Crippen molar-refractivity contribution in [3.63, 3.8) is 0 Å². The molecule has 4 nitrogen and oxygen atoms in total. The van der Waals surface area contributed by atoms with Gasteiger partial charge in [-0.1, -0.05) is 36.4 Å². The smallest absolute Gasteiger partial charge is 0.182 e. The Morgan fingerprint density at radius 3 is 1.27 bits per heavy atom. The Labute approximate surface area is 204 Å². The molecule has 4 aromatic rings. The first-order chi connectivity index (χ1) is 16.3. The molecular formula is C27H24N4S2. The van der Waals surface area contributed by atoms with E-state index in [0.29, 0.717) is 0 Å². The lowest BCUT2D eigenvalue weighted by atomic mass is 10.2. The van der Waals surface area contributed by atoms with E-state index in [-0.39, 0.29) is 0 Å². The topological polar surface area (TPSA) is 30.5 Å². The molecule has 1 aliphatic heterocycles. The van der Waals surface area contributed by atoms with Crippen molar-refractivity contribution in [3.8, 4) is 0 Å². The van der Waals surface area contributed by atoms with Crippen LogP contribution in [0, 0.1) is 0 Å². The van der Waals surface area contributed by atoms with E-state index in [2.05, 4.69) is 93.2 Å². The third kappa shape index (κ3) is 5.13. The quantitative estimate of drug-likeness (QED) is 0.286. The van der Waals surface area contributed by atoms with Crippen LogP contribution in [0.1, 0.15) is 0 Å². The van der Waals surface area contributed by atoms with Gasteiger partial charge in [0.05, 0.1) is 11.8 Å². The van der Waals surface area contributed by atoms with Gasteiger partial charge in [-0.3, -0.25) is 0 Å². The van der Waals surface area contributed by atoms with Crippen molar-refractivity contribution in [2.24, 2.45) is 0 Å². The molecule has 0 radical (unpaired) electrons. The lowest BCUT2D eigenvalue weighted by molar-refractivity contribution is 1.11. The second kappa shape index (κ2) is 9.98. The van der Waals surface area contributed by atoms with Crippen LogP contribution in [0.25, 0.3) is 0 Å². The second-order valence-corrected chi connectivity index (χ2v) is 8.97. The Morgan fingerprint density at radius 1 is 0.515 bits per heavy atom. The molecule has 0 atom stereocenters. The molecule has 0 unspecified atom stereocenters. The highest BCUT2D eigenvalue weighted by atomic mass is 32.2. The number of hydrogen-bond acceptors (Lipinski definition) is 4. The maximum Gasteiger partial charge on any atom is 0.182 e.